The van der Waals surface area contributed by atoms with Gasteiger partial charge in [0.2, 0.25) is 5.91 Å². The number of tetrazole rings is 1. The second-order valence-electron chi connectivity index (χ2n) is 10.9. The highest BCUT2D eigenvalue weighted by atomic mass is 35.5. The Kier molecular flexibility index (Phi) is 8.51. The van der Waals surface area contributed by atoms with Crippen LogP contribution in [0.1, 0.15) is 52.7 Å². The Labute approximate surface area is 259 Å². The SMILES string of the molecule is COC(=O)N1CCCC1c1ccc(CC(=O)[C@@H]2c3ccccc3CCN2C(=O)/C=C/c2cc(Cl)ccc2-n2cnnn2)cc1. The Morgan fingerprint density at radius 3 is 2.61 bits per heavy atom. The predicted octanol–water partition coefficient (Wildman–Crippen LogP) is 5.17. The van der Waals surface area contributed by atoms with E-state index in [0.717, 1.165) is 35.1 Å². The Morgan fingerprint density at radius 2 is 1.84 bits per heavy atom. The Bertz CT molecular complexity index is 1710. The van der Waals surface area contributed by atoms with Gasteiger partial charge in [0, 0.05) is 36.2 Å². The largest absolute Gasteiger partial charge is 0.453 e. The molecule has 1 unspecified atom stereocenters. The van der Waals surface area contributed by atoms with Crippen molar-refractivity contribution in [3.63, 3.8) is 0 Å². The van der Waals surface area contributed by atoms with Crippen molar-refractivity contribution < 1.29 is 19.1 Å². The van der Waals surface area contributed by atoms with E-state index in [-0.39, 0.29) is 30.2 Å². The van der Waals surface area contributed by atoms with Crippen LogP contribution in [0.15, 0.2) is 79.1 Å². The van der Waals surface area contributed by atoms with Crippen LogP contribution < -0.4 is 0 Å². The summed E-state index contributed by atoms with van der Waals surface area (Å²) >= 11 is 6.26. The van der Waals surface area contributed by atoms with E-state index >= 15 is 0 Å². The number of fused-ring (bicyclic) bond motifs is 1. The highest BCUT2D eigenvalue weighted by Crippen LogP contribution is 2.34. The van der Waals surface area contributed by atoms with E-state index in [0.29, 0.717) is 35.8 Å². The zero-order valence-electron chi connectivity index (χ0n) is 24.2. The van der Waals surface area contributed by atoms with Crippen molar-refractivity contribution in [1.29, 1.82) is 0 Å². The van der Waals surface area contributed by atoms with Crippen LogP contribution >= 0.6 is 11.6 Å². The number of nitrogens with zero attached hydrogens (tertiary/aromatic N) is 6. The van der Waals surface area contributed by atoms with Crippen molar-refractivity contribution in [2.45, 2.75) is 37.8 Å². The van der Waals surface area contributed by atoms with Crippen LogP contribution in [0.4, 0.5) is 4.79 Å². The monoisotopic (exact) mass is 610 g/mol. The first-order valence-electron chi connectivity index (χ1n) is 14.5. The summed E-state index contributed by atoms with van der Waals surface area (Å²) in [6, 6.07) is 20.1. The van der Waals surface area contributed by atoms with Gasteiger partial charge in [-0.25, -0.2) is 4.79 Å². The molecule has 0 aliphatic carbocycles. The van der Waals surface area contributed by atoms with Crippen LogP contribution in [-0.4, -0.2) is 68.0 Å². The van der Waals surface area contributed by atoms with Gasteiger partial charge < -0.3 is 14.5 Å². The molecule has 11 heteroatoms. The normalized spacial score (nSPS) is 18.0. The zero-order valence-corrected chi connectivity index (χ0v) is 24.9. The van der Waals surface area contributed by atoms with Gasteiger partial charge in [0.15, 0.2) is 5.78 Å². The number of hydrogen-bond acceptors (Lipinski definition) is 7. The summed E-state index contributed by atoms with van der Waals surface area (Å²) in [5, 5.41) is 11.9. The summed E-state index contributed by atoms with van der Waals surface area (Å²) in [5.74, 6) is -0.346. The number of likely N-dealkylation sites (tertiary alicyclic amines) is 1. The minimum absolute atomic E-state index is 0.0434. The molecule has 2 aliphatic rings. The van der Waals surface area contributed by atoms with E-state index in [2.05, 4.69) is 15.5 Å². The Morgan fingerprint density at radius 1 is 1.02 bits per heavy atom. The van der Waals surface area contributed by atoms with Gasteiger partial charge in [0.1, 0.15) is 12.4 Å². The van der Waals surface area contributed by atoms with Crippen LogP contribution in [0.3, 0.4) is 0 Å². The molecule has 0 saturated carbocycles. The third-order valence-corrected chi connectivity index (χ3v) is 8.50. The van der Waals surface area contributed by atoms with Gasteiger partial charge in [-0.3, -0.25) is 9.59 Å². The maximum Gasteiger partial charge on any atom is 0.409 e. The molecule has 0 bridgehead atoms. The maximum absolute atomic E-state index is 14.0. The standard InChI is InChI=1S/C33H31ClN6O4/c1-44-33(43)38-17-4-7-28(38)24-10-8-22(9-11-24)19-30(41)32-27-6-3-2-5-23(27)16-18-39(32)31(42)15-12-25-20-26(34)13-14-29(25)40-21-35-36-37-40/h2-3,5-6,8-15,20-21,28,32H,4,7,16-19H2,1H3/b15-12+/t28?,32-/m0/s1. The fourth-order valence-corrected chi connectivity index (χ4v) is 6.33. The van der Waals surface area contributed by atoms with Gasteiger partial charge >= 0.3 is 6.09 Å². The number of benzene rings is 3. The number of rotatable bonds is 7. The third kappa shape index (κ3) is 5.98. The first-order valence-corrected chi connectivity index (χ1v) is 14.9. The molecule has 2 atom stereocenters. The number of ketones is 1. The average Bonchev–Trinajstić information content (AvgIpc) is 3.76. The van der Waals surface area contributed by atoms with Gasteiger partial charge in [-0.15, -0.1) is 5.10 Å². The molecule has 2 aliphatic heterocycles. The Balaban J connectivity index is 1.23. The number of aromatic nitrogens is 4. The van der Waals surface area contributed by atoms with E-state index < -0.39 is 6.04 Å². The first-order chi connectivity index (χ1) is 21.4. The van der Waals surface area contributed by atoms with Crippen LogP contribution in [0.2, 0.25) is 5.02 Å². The Hall–Kier alpha value is -4.83. The third-order valence-electron chi connectivity index (χ3n) is 8.27. The van der Waals surface area contributed by atoms with E-state index in [9.17, 15) is 14.4 Å². The molecule has 44 heavy (non-hydrogen) atoms. The molecular formula is C33H31ClN6O4. The second-order valence-corrected chi connectivity index (χ2v) is 11.3. The fraction of sp³-hybridized carbons (Fsp3) is 0.273. The molecule has 3 aromatic carbocycles. The minimum Gasteiger partial charge on any atom is -0.453 e. The van der Waals surface area contributed by atoms with Crippen LogP contribution in [0, 0.1) is 0 Å². The molecule has 0 N–H and O–H groups in total. The van der Waals surface area contributed by atoms with Gasteiger partial charge in [-0.2, -0.15) is 4.68 Å². The topological polar surface area (TPSA) is 111 Å². The number of ether oxygens (including phenoxy) is 1. The summed E-state index contributed by atoms with van der Waals surface area (Å²) in [4.78, 5) is 43.2. The lowest BCUT2D eigenvalue weighted by Gasteiger charge is -2.36. The lowest BCUT2D eigenvalue weighted by Crippen LogP contribution is -2.43. The molecule has 2 amide bonds. The smallest absolute Gasteiger partial charge is 0.409 e. The molecule has 1 fully saturated rings. The molecular weight excluding hydrogens is 580 g/mol. The summed E-state index contributed by atoms with van der Waals surface area (Å²) in [6.45, 7) is 1.07. The van der Waals surface area contributed by atoms with E-state index in [1.807, 2.05) is 48.5 Å². The quantitative estimate of drug-likeness (QED) is 0.266. The molecule has 0 spiro atoms. The number of Topliss-reactive ketones (excluding diaryl/α,β-unsaturated/α-hetero) is 1. The van der Waals surface area contributed by atoms with Gasteiger partial charge in [-0.1, -0.05) is 60.1 Å². The fourth-order valence-electron chi connectivity index (χ4n) is 6.15. The summed E-state index contributed by atoms with van der Waals surface area (Å²) in [7, 11) is 1.39. The maximum atomic E-state index is 14.0. The number of carbonyl (C=O) groups excluding carboxylic acids is 3. The van der Waals surface area contributed by atoms with Crippen molar-refractivity contribution >= 4 is 35.5 Å². The molecule has 10 nitrogen and oxygen atoms in total. The number of carbonyl (C=O) groups is 3. The van der Waals surface area contributed by atoms with E-state index in [1.54, 1.807) is 34.1 Å². The van der Waals surface area contributed by atoms with Crippen molar-refractivity contribution in [1.82, 2.24) is 30.0 Å². The number of amides is 2. The number of hydrogen-bond donors (Lipinski definition) is 0. The summed E-state index contributed by atoms with van der Waals surface area (Å²) in [6.07, 6.45) is 6.87. The van der Waals surface area contributed by atoms with Gasteiger partial charge in [0.05, 0.1) is 18.8 Å². The molecule has 4 aromatic rings. The molecule has 6 rings (SSSR count). The van der Waals surface area contributed by atoms with Gasteiger partial charge in [0.25, 0.3) is 0 Å². The zero-order chi connectivity index (χ0) is 30.6. The lowest BCUT2D eigenvalue weighted by molar-refractivity contribution is -0.136. The van der Waals surface area contributed by atoms with Crippen molar-refractivity contribution in [3.05, 3.63) is 112 Å². The van der Waals surface area contributed by atoms with Gasteiger partial charge in [-0.05, 0) is 76.2 Å². The van der Waals surface area contributed by atoms with Crippen molar-refractivity contribution in [2.24, 2.45) is 0 Å². The van der Waals surface area contributed by atoms with Crippen LogP contribution in [0.5, 0.6) is 0 Å². The predicted molar refractivity (Wildman–Crippen MR) is 164 cm³/mol. The number of halogens is 1. The average molecular weight is 611 g/mol. The first kappa shape index (κ1) is 29.3. The highest BCUT2D eigenvalue weighted by molar-refractivity contribution is 6.30. The summed E-state index contributed by atoms with van der Waals surface area (Å²) < 4.78 is 6.44. The van der Waals surface area contributed by atoms with E-state index in [1.165, 1.54) is 24.2 Å². The number of methoxy groups -OCH3 is 1. The van der Waals surface area contributed by atoms with E-state index in [4.69, 9.17) is 16.3 Å². The lowest BCUT2D eigenvalue weighted by atomic mass is 9.87. The molecule has 224 valence electrons. The highest BCUT2D eigenvalue weighted by Gasteiger charge is 2.35. The molecule has 3 heterocycles. The van der Waals surface area contributed by atoms with Crippen molar-refractivity contribution in [3.8, 4) is 5.69 Å². The molecule has 0 radical (unpaired) electrons. The second kappa shape index (κ2) is 12.8. The van der Waals surface area contributed by atoms with Crippen LogP contribution in [0.25, 0.3) is 11.8 Å². The molecule has 1 aromatic heterocycles. The minimum atomic E-state index is -0.722. The summed E-state index contributed by atoms with van der Waals surface area (Å²) in [5.41, 5.74) is 5.09. The van der Waals surface area contributed by atoms with Crippen LogP contribution in [-0.2, 0) is 27.2 Å². The van der Waals surface area contributed by atoms with Crippen molar-refractivity contribution in [2.75, 3.05) is 20.2 Å². The molecule has 1 saturated heterocycles.